The Bertz CT molecular complexity index is 552. The number of amides is 1. The molecule has 2 aliphatic rings. The molecule has 3 rings (SSSR count). The molecule has 1 aliphatic carbocycles. The summed E-state index contributed by atoms with van der Waals surface area (Å²) in [6, 6.07) is 2.74. The van der Waals surface area contributed by atoms with E-state index in [0.717, 1.165) is 50.0 Å². The second-order valence-corrected chi connectivity index (χ2v) is 7.86. The number of aryl methyl sites for hydroxylation is 1. The second-order valence-electron chi connectivity index (χ2n) is 7.86. The molecule has 1 aliphatic heterocycles. The minimum Gasteiger partial charge on any atom is -0.335 e. The molecule has 1 saturated carbocycles. The third-order valence-corrected chi connectivity index (χ3v) is 5.46. The maximum absolute atomic E-state index is 12.8. The molecule has 24 heavy (non-hydrogen) atoms. The Balaban J connectivity index is 1.57. The van der Waals surface area contributed by atoms with Gasteiger partial charge in [-0.05, 0) is 31.2 Å². The average Bonchev–Trinajstić information content (AvgIpc) is 2.94. The lowest BCUT2D eigenvalue weighted by Gasteiger charge is -2.40. The monoisotopic (exact) mass is 332 g/mol. The van der Waals surface area contributed by atoms with Gasteiger partial charge < -0.3 is 4.90 Å². The maximum atomic E-state index is 12.8. The molecule has 1 aromatic heterocycles. The molecule has 0 spiro atoms. The molecule has 0 aromatic carbocycles. The smallest absolute Gasteiger partial charge is 0.272 e. The summed E-state index contributed by atoms with van der Waals surface area (Å²) in [6.07, 6.45) is 7.75. The molecule has 1 aromatic rings. The Labute approximate surface area is 146 Å². The number of hydrogen-bond donors (Lipinski definition) is 0. The molecule has 0 radical (unpaired) electrons. The van der Waals surface area contributed by atoms with Crippen molar-refractivity contribution in [1.29, 1.82) is 0 Å². The first-order valence-electron chi connectivity index (χ1n) is 9.61. The van der Waals surface area contributed by atoms with Crippen LogP contribution in [0.2, 0.25) is 0 Å². The van der Waals surface area contributed by atoms with Crippen LogP contribution in [-0.2, 0) is 13.5 Å². The van der Waals surface area contributed by atoms with Gasteiger partial charge in [0.15, 0.2) is 0 Å². The summed E-state index contributed by atoms with van der Waals surface area (Å²) in [5, 5.41) is 4.51. The minimum atomic E-state index is 0.142. The Hall–Kier alpha value is -1.36. The van der Waals surface area contributed by atoms with E-state index in [1.54, 1.807) is 4.68 Å². The van der Waals surface area contributed by atoms with Gasteiger partial charge in [0.05, 0.1) is 5.69 Å². The number of carbonyl (C=O) groups excluding carboxylic acids is 1. The molecule has 134 valence electrons. The molecule has 0 unspecified atom stereocenters. The van der Waals surface area contributed by atoms with Crippen LogP contribution in [0.1, 0.15) is 62.1 Å². The lowest BCUT2D eigenvalue weighted by atomic mass is 9.94. The van der Waals surface area contributed by atoms with Crippen LogP contribution in [0.4, 0.5) is 0 Å². The normalized spacial score (nSPS) is 20.8. The van der Waals surface area contributed by atoms with E-state index in [1.165, 1.54) is 32.1 Å². The Kier molecular flexibility index (Phi) is 5.59. The highest BCUT2D eigenvalue weighted by atomic mass is 16.2. The van der Waals surface area contributed by atoms with Crippen LogP contribution in [0, 0.1) is 5.92 Å². The molecule has 0 N–H and O–H groups in total. The van der Waals surface area contributed by atoms with Gasteiger partial charge in [-0.2, -0.15) is 5.10 Å². The van der Waals surface area contributed by atoms with Gasteiger partial charge in [-0.25, -0.2) is 0 Å². The highest BCUT2D eigenvalue weighted by molar-refractivity contribution is 5.92. The van der Waals surface area contributed by atoms with Gasteiger partial charge in [-0.1, -0.05) is 33.1 Å². The van der Waals surface area contributed by atoms with E-state index in [9.17, 15) is 4.79 Å². The predicted octanol–water partition coefficient (Wildman–Crippen LogP) is 2.71. The van der Waals surface area contributed by atoms with Crippen LogP contribution in [0.15, 0.2) is 6.07 Å². The van der Waals surface area contributed by atoms with Crippen molar-refractivity contribution in [2.45, 2.75) is 58.4 Å². The molecule has 2 fully saturated rings. The van der Waals surface area contributed by atoms with E-state index in [4.69, 9.17) is 0 Å². The fourth-order valence-electron chi connectivity index (χ4n) is 4.14. The third-order valence-electron chi connectivity index (χ3n) is 5.46. The number of nitrogens with zero attached hydrogens (tertiary/aromatic N) is 4. The summed E-state index contributed by atoms with van der Waals surface area (Å²) < 4.78 is 1.76. The lowest BCUT2D eigenvalue weighted by Crippen LogP contribution is -2.52. The predicted molar refractivity (Wildman–Crippen MR) is 96.1 cm³/mol. The number of carbonyl (C=O) groups is 1. The standard InChI is InChI=1S/C19H32N4O/c1-15(2)13-16-14-18(21(3)20-16)19(24)23-11-9-22(10-12-23)17-7-5-4-6-8-17/h14-15,17H,4-13H2,1-3H3. The number of piperazine rings is 1. The number of aromatic nitrogens is 2. The lowest BCUT2D eigenvalue weighted by molar-refractivity contribution is 0.0514. The van der Waals surface area contributed by atoms with Gasteiger partial charge in [0, 0.05) is 39.3 Å². The highest BCUT2D eigenvalue weighted by Gasteiger charge is 2.28. The van der Waals surface area contributed by atoms with Crippen LogP contribution in [0.5, 0.6) is 0 Å². The summed E-state index contributed by atoms with van der Waals surface area (Å²) in [4.78, 5) is 17.5. The molecular formula is C19H32N4O. The van der Waals surface area contributed by atoms with Crippen LogP contribution in [0.25, 0.3) is 0 Å². The van der Waals surface area contributed by atoms with Crippen molar-refractivity contribution in [3.05, 3.63) is 17.5 Å². The largest absolute Gasteiger partial charge is 0.335 e. The summed E-state index contributed by atoms with van der Waals surface area (Å²) in [5.74, 6) is 0.699. The second kappa shape index (κ2) is 7.68. The van der Waals surface area contributed by atoms with E-state index in [2.05, 4.69) is 23.8 Å². The van der Waals surface area contributed by atoms with Crippen molar-refractivity contribution >= 4 is 5.91 Å². The Morgan fingerprint density at radius 1 is 1.17 bits per heavy atom. The van der Waals surface area contributed by atoms with E-state index in [1.807, 2.05) is 18.0 Å². The van der Waals surface area contributed by atoms with E-state index < -0.39 is 0 Å². The minimum absolute atomic E-state index is 0.142. The summed E-state index contributed by atoms with van der Waals surface area (Å²) in [5.41, 5.74) is 1.76. The number of rotatable bonds is 4. The first kappa shape index (κ1) is 17.5. The van der Waals surface area contributed by atoms with Gasteiger partial charge >= 0.3 is 0 Å². The molecule has 2 heterocycles. The molecule has 1 saturated heterocycles. The van der Waals surface area contributed by atoms with Gasteiger partial charge in [-0.3, -0.25) is 14.4 Å². The summed E-state index contributed by atoms with van der Waals surface area (Å²) >= 11 is 0. The van der Waals surface area contributed by atoms with Crippen molar-refractivity contribution < 1.29 is 4.79 Å². The highest BCUT2D eigenvalue weighted by Crippen LogP contribution is 2.24. The van der Waals surface area contributed by atoms with E-state index in [0.29, 0.717) is 5.92 Å². The van der Waals surface area contributed by atoms with Crippen LogP contribution in [-0.4, -0.2) is 57.7 Å². The van der Waals surface area contributed by atoms with Crippen molar-refractivity contribution in [1.82, 2.24) is 19.6 Å². The summed E-state index contributed by atoms with van der Waals surface area (Å²) in [7, 11) is 1.88. The van der Waals surface area contributed by atoms with E-state index >= 15 is 0 Å². The molecule has 5 nitrogen and oxygen atoms in total. The molecular weight excluding hydrogens is 300 g/mol. The van der Waals surface area contributed by atoms with Crippen molar-refractivity contribution in [3.63, 3.8) is 0 Å². The van der Waals surface area contributed by atoms with Gasteiger partial charge in [0.2, 0.25) is 0 Å². The molecule has 1 amide bonds. The van der Waals surface area contributed by atoms with Crippen molar-refractivity contribution in [2.75, 3.05) is 26.2 Å². The van der Waals surface area contributed by atoms with Gasteiger partial charge in [0.25, 0.3) is 5.91 Å². The number of hydrogen-bond acceptors (Lipinski definition) is 3. The average molecular weight is 332 g/mol. The SMILES string of the molecule is CC(C)Cc1cc(C(=O)N2CCN(C3CCCCC3)CC2)n(C)n1. The van der Waals surface area contributed by atoms with Crippen molar-refractivity contribution in [2.24, 2.45) is 13.0 Å². The fraction of sp³-hybridized carbons (Fsp3) is 0.789. The zero-order valence-electron chi connectivity index (χ0n) is 15.5. The molecule has 0 atom stereocenters. The summed E-state index contributed by atoms with van der Waals surface area (Å²) in [6.45, 7) is 8.10. The topological polar surface area (TPSA) is 41.4 Å². The fourth-order valence-corrected chi connectivity index (χ4v) is 4.14. The first-order chi connectivity index (χ1) is 11.5. The van der Waals surface area contributed by atoms with Crippen LogP contribution >= 0.6 is 0 Å². The third kappa shape index (κ3) is 4.00. The zero-order chi connectivity index (χ0) is 17.1. The zero-order valence-corrected chi connectivity index (χ0v) is 15.5. The van der Waals surface area contributed by atoms with Crippen molar-refractivity contribution in [3.8, 4) is 0 Å². The van der Waals surface area contributed by atoms with Crippen LogP contribution in [0.3, 0.4) is 0 Å². The quantitative estimate of drug-likeness (QED) is 0.851. The molecule has 5 heteroatoms. The van der Waals surface area contributed by atoms with Crippen LogP contribution < -0.4 is 0 Å². The van der Waals surface area contributed by atoms with E-state index in [-0.39, 0.29) is 5.91 Å². The molecule has 0 bridgehead atoms. The first-order valence-corrected chi connectivity index (χ1v) is 9.61. The van der Waals surface area contributed by atoms with Gasteiger partial charge in [0.1, 0.15) is 5.69 Å². The maximum Gasteiger partial charge on any atom is 0.272 e. The Morgan fingerprint density at radius 3 is 2.46 bits per heavy atom. The Morgan fingerprint density at radius 2 is 1.83 bits per heavy atom. The van der Waals surface area contributed by atoms with Gasteiger partial charge in [-0.15, -0.1) is 0 Å².